The molecule has 4 rings (SSSR count). The lowest BCUT2D eigenvalue weighted by atomic mass is 10.2. The first-order chi connectivity index (χ1) is 13.1. The molecule has 0 radical (unpaired) electrons. The summed E-state index contributed by atoms with van der Waals surface area (Å²) in [7, 11) is 0. The number of piperazine rings is 1. The van der Waals surface area contributed by atoms with Crippen molar-refractivity contribution in [3.8, 4) is 5.82 Å². The molecule has 27 heavy (non-hydrogen) atoms. The van der Waals surface area contributed by atoms with Gasteiger partial charge in [-0.2, -0.15) is 5.10 Å². The number of anilines is 1. The van der Waals surface area contributed by atoms with Gasteiger partial charge in [0.05, 0.1) is 0 Å². The zero-order chi connectivity index (χ0) is 18.8. The molecule has 0 saturated carbocycles. The van der Waals surface area contributed by atoms with Crippen molar-refractivity contribution in [1.82, 2.24) is 24.6 Å². The monoisotopic (exact) mass is 386 g/mol. The normalized spacial score (nSPS) is 15.3. The van der Waals surface area contributed by atoms with Crippen molar-refractivity contribution in [3.63, 3.8) is 0 Å². The molecule has 0 unspecified atom stereocenters. The summed E-state index contributed by atoms with van der Waals surface area (Å²) in [6.45, 7) is 5.63. The minimum atomic E-state index is -0.250. The number of aromatic nitrogens is 4. The molecular weight excluding hydrogens is 367 g/mol. The minimum absolute atomic E-state index is 0.250. The topological polar surface area (TPSA) is 50.1 Å². The minimum Gasteiger partial charge on any atom is -0.354 e. The van der Waals surface area contributed by atoms with Crippen LogP contribution in [0.15, 0.2) is 42.7 Å². The Hall–Kier alpha value is -2.51. The molecule has 6 nitrogen and oxygen atoms in total. The van der Waals surface area contributed by atoms with Crippen LogP contribution in [0.2, 0.25) is 5.02 Å². The number of nitrogens with zero attached hydrogens (tertiary/aromatic N) is 6. The van der Waals surface area contributed by atoms with Crippen LogP contribution in [-0.4, -0.2) is 50.8 Å². The third kappa shape index (κ3) is 3.94. The Morgan fingerprint density at radius 3 is 2.56 bits per heavy atom. The van der Waals surface area contributed by atoms with Crippen molar-refractivity contribution in [1.29, 1.82) is 0 Å². The number of halogens is 2. The summed E-state index contributed by atoms with van der Waals surface area (Å²) in [5, 5.41) is 4.72. The summed E-state index contributed by atoms with van der Waals surface area (Å²) in [5.41, 5.74) is 0.562. The highest BCUT2D eigenvalue weighted by Crippen LogP contribution is 2.22. The van der Waals surface area contributed by atoms with E-state index in [1.54, 1.807) is 23.0 Å². The summed E-state index contributed by atoms with van der Waals surface area (Å²) in [4.78, 5) is 13.5. The molecule has 0 atom stereocenters. The van der Waals surface area contributed by atoms with E-state index in [1.807, 2.05) is 25.3 Å². The van der Waals surface area contributed by atoms with E-state index in [-0.39, 0.29) is 5.82 Å². The van der Waals surface area contributed by atoms with Gasteiger partial charge in [-0.3, -0.25) is 4.90 Å². The molecule has 0 bridgehead atoms. The van der Waals surface area contributed by atoms with Crippen molar-refractivity contribution in [3.05, 3.63) is 65.0 Å². The number of rotatable bonds is 4. The van der Waals surface area contributed by atoms with Gasteiger partial charge in [-0.15, -0.1) is 0 Å². The van der Waals surface area contributed by atoms with Crippen LogP contribution in [0.5, 0.6) is 0 Å². The average molecular weight is 387 g/mol. The fourth-order valence-corrected chi connectivity index (χ4v) is 3.49. The highest BCUT2D eigenvalue weighted by atomic mass is 35.5. The lowest BCUT2D eigenvalue weighted by molar-refractivity contribution is 0.246. The molecule has 1 aromatic carbocycles. The van der Waals surface area contributed by atoms with Crippen LogP contribution in [0.3, 0.4) is 0 Å². The van der Waals surface area contributed by atoms with E-state index < -0.39 is 0 Å². The largest absolute Gasteiger partial charge is 0.354 e. The van der Waals surface area contributed by atoms with E-state index >= 15 is 0 Å². The van der Waals surface area contributed by atoms with Gasteiger partial charge in [0.15, 0.2) is 5.82 Å². The van der Waals surface area contributed by atoms with Crippen molar-refractivity contribution >= 4 is 17.4 Å². The van der Waals surface area contributed by atoms with E-state index in [9.17, 15) is 4.39 Å². The summed E-state index contributed by atoms with van der Waals surface area (Å²) in [6, 6.07) is 8.63. The molecule has 8 heteroatoms. The molecule has 1 aliphatic rings. The van der Waals surface area contributed by atoms with Gasteiger partial charge in [0.1, 0.15) is 17.5 Å². The lowest BCUT2D eigenvalue weighted by Crippen LogP contribution is -2.46. The fraction of sp³-hybridized carbons (Fsp3) is 0.316. The van der Waals surface area contributed by atoms with Gasteiger partial charge in [-0.25, -0.2) is 19.0 Å². The highest BCUT2D eigenvalue weighted by molar-refractivity contribution is 6.31. The molecule has 1 saturated heterocycles. The van der Waals surface area contributed by atoms with E-state index in [1.165, 1.54) is 6.07 Å². The Bertz CT molecular complexity index is 902. The van der Waals surface area contributed by atoms with Crippen LogP contribution in [0.25, 0.3) is 5.82 Å². The standard InChI is InChI=1S/C19H20ClFN6/c1-14-23-18(12-19(24-14)27-7-3-6-22-27)26-10-8-25(9-11-26)13-15-16(20)4-2-5-17(15)21/h2-7,12H,8-11,13H2,1H3. The number of aryl methyl sites for hydroxylation is 1. The first-order valence-corrected chi connectivity index (χ1v) is 9.24. The summed E-state index contributed by atoms with van der Waals surface area (Å²) in [5.74, 6) is 2.10. The molecule has 3 aromatic rings. The second-order valence-corrected chi connectivity index (χ2v) is 6.95. The zero-order valence-electron chi connectivity index (χ0n) is 15.0. The average Bonchev–Trinajstić information content (AvgIpc) is 3.20. The van der Waals surface area contributed by atoms with Gasteiger partial charge in [0.25, 0.3) is 0 Å². The zero-order valence-corrected chi connectivity index (χ0v) is 15.8. The van der Waals surface area contributed by atoms with Crippen LogP contribution in [-0.2, 0) is 6.54 Å². The first kappa shape index (κ1) is 17.9. The van der Waals surface area contributed by atoms with Crippen LogP contribution >= 0.6 is 11.6 Å². The Morgan fingerprint density at radius 1 is 1.07 bits per heavy atom. The van der Waals surface area contributed by atoms with E-state index in [2.05, 4.69) is 24.9 Å². The van der Waals surface area contributed by atoms with Crippen LogP contribution in [0, 0.1) is 12.7 Å². The molecule has 3 heterocycles. The summed E-state index contributed by atoms with van der Waals surface area (Å²) < 4.78 is 15.8. The molecule has 140 valence electrons. The van der Waals surface area contributed by atoms with Gasteiger partial charge in [0.2, 0.25) is 0 Å². The van der Waals surface area contributed by atoms with Crippen LogP contribution in [0.4, 0.5) is 10.2 Å². The predicted molar refractivity (Wildman–Crippen MR) is 103 cm³/mol. The van der Waals surface area contributed by atoms with Gasteiger partial charge in [0, 0.05) is 61.8 Å². The molecular formula is C19H20ClFN6. The van der Waals surface area contributed by atoms with Crippen molar-refractivity contribution < 1.29 is 4.39 Å². The Balaban J connectivity index is 1.45. The van der Waals surface area contributed by atoms with Crippen LogP contribution < -0.4 is 4.90 Å². The number of benzene rings is 1. The third-order valence-corrected chi connectivity index (χ3v) is 5.04. The third-order valence-electron chi connectivity index (χ3n) is 4.69. The van der Waals surface area contributed by atoms with E-state index in [0.717, 1.165) is 37.8 Å². The molecule has 0 aliphatic carbocycles. The van der Waals surface area contributed by atoms with E-state index in [4.69, 9.17) is 11.6 Å². The Labute approximate surface area is 162 Å². The van der Waals surface area contributed by atoms with Gasteiger partial charge >= 0.3 is 0 Å². The molecule has 0 spiro atoms. The number of hydrogen-bond donors (Lipinski definition) is 0. The predicted octanol–water partition coefficient (Wildman–Crippen LogP) is 3.09. The Morgan fingerprint density at radius 2 is 1.85 bits per heavy atom. The second-order valence-electron chi connectivity index (χ2n) is 6.55. The maximum atomic E-state index is 14.0. The van der Waals surface area contributed by atoms with Crippen molar-refractivity contribution in [2.45, 2.75) is 13.5 Å². The number of hydrogen-bond acceptors (Lipinski definition) is 5. The van der Waals surface area contributed by atoms with Gasteiger partial charge in [-0.1, -0.05) is 17.7 Å². The summed E-state index contributed by atoms with van der Waals surface area (Å²) >= 11 is 6.15. The van der Waals surface area contributed by atoms with Gasteiger partial charge in [-0.05, 0) is 25.1 Å². The van der Waals surface area contributed by atoms with Crippen molar-refractivity contribution in [2.24, 2.45) is 0 Å². The molecule has 2 aromatic heterocycles. The van der Waals surface area contributed by atoms with E-state index in [0.29, 0.717) is 23.0 Å². The highest BCUT2D eigenvalue weighted by Gasteiger charge is 2.21. The molecule has 0 amide bonds. The molecule has 0 N–H and O–H groups in total. The first-order valence-electron chi connectivity index (χ1n) is 8.86. The smallest absolute Gasteiger partial charge is 0.159 e. The Kier molecular flexibility index (Phi) is 5.05. The summed E-state index contributed by atoms with van der Waals surface area (Å²) in [6.07, 6.45) is 3.59. The lowest BCUT2D eigenvalue weighted by Gasteiger charge is -2.35. The van der Waals surface area contributed by atoms with Crippen LogP contribution in [0.1, 0.15) is 11.4 Å². The maximum absolute atomic E-state index is 14.0. The molecule has 1 aliphatic heterocycles. The van der Waals surface area contributed by atoms with Gasteiger partial charge < -0.3 is 4.90 Å². The maximum Gasteiger partial charge on any atom is 0.159 e. The molecule has 1 fully saturated rings. The second kappa shape index (κ2) is 7.62. The van der Waals surface area contributed by atoms with Crippen molar-refractivity contribution in [2.75, 3.05) is 31.1 Å². The fourth-order valence-electron chi connectivity index (χ4n) is 3.26. The quantitative estimate of drug-likeness (QED) is 0.689. The SMILES string of the molecule is Cc1nc(N2CCN(Cc3c(F)cccc3Cl)CC2)cc(-n2cccn2)n1.